The Balaban J connectivity index is 1.29. The van der Waals surface area contributed by atoms with E-state index < -0.39 is 6.09 Å². The summed E-state index contributed by atoms with van der Waals surface area (Å²) in [5.41, 5.74) is 5.96. The standard InChI is InChI=1S/C26H28N4O5/c1-18-24(34-23-12-14-30(15-13-23)26(31)32)27-17-28-25(18)35-29-19(2)21-8-10-22(11-9-21)33-16-20-6-4-3-5-7-20/h3-11,17,23,29H,2,12-16H2,1H3,(H,31,32). The van der Waals surface area contributed by atoms with Gasteiger partial charge in [-0.25, -0.2) is 15.3 Å². The molecule has 0 spiro atoms. The van der Waals surface area contributed by atoms with Crippen LogP contribution in [0, 0.1) is 6.92 Å². The van der Waals surface area contributed by atoms with Crippen molar-refractivity contribution in [3.8, 4) is 17.5 Å². The first-order chi connectivity index (χ1) is 17.0. The minimum Gasteiger partial charge on any atom is -0.489 e. The summed E-state index contributed by atoms with van der Waals surface area (Å²) in [7, 11) is 0. The summed E-state index contributed by atoms with van der Waals surface area (Å²) in [5.74, 6) is 1.49. The largest absolute Gasteiger partial charge is 0.489 e. The number of carboxylic acid groups (broad SMARTS) is 1. The third kappa shape index (κ3) is 6.41. The summed E-state index contributed by atoms with van der Waals surface area (Å²) in [6.07, 6.45) is 1.56. The van der Waals surface area contributed by atoms with Crippen LogP contribution in [-0.2, 0) is 6.61 Å². The van der Waals surface area contributed by atoms with E-state index in [0.717, 1.165) is 16.9 Å². The number of hydrogen-bond donors (Lipinski definition) is 2. The maximum atomic E-state index is 11.1. The molecule has 0 bridgehead atoms. The Kier molecular flexibility index (Phi) is 7.67. The van der Waals surface area contributed by atoms with E-state index in [4.69, 9.17) is 19.4 Å². The summed E-state index contributed by atoms with van der Waals surface area (Å²) < 4.78 is 11.8. The average Bonchev–Trinajstić information content (AvgIpc) is 2.89. The second-order valence-electron chi connectivity index (χ2n) is 8.18. The first-order valence-corrected chi connectivity index (χ1v) is 11.3. The highest BCUT2D eigenvalue weighted by Gasteiger charge is 2.24. The molecular weight excluding hydrogens is 448 g/mol. The van der Waals surface area contributed by atoms with E-state index in [1.54, 1.807) is 6.92 Å². The lowest BCUT2D eigenvalue weighted by atomic mass is 10.1. The molecule has 1 aliphatic heterocycles. The van der Waals surface area contributed by atoms with Crippen molar-refractivity contribution in [2.45, 2.75) is 32.5 Å². The van der Waals surface area contributed by atoms with Gasteiger partial charge in [-0.15, -0.1) is 0 Å². The molecule has 35 heavy (non-hydrogen) atoms. The van der Waals surface area contributed by atoms with Crippen LogP contribution in [0.25, 0.3) is 5.70 Å². The quantitative estimate of drug-likeness (QED) is 0.437. The monoisotopic (exact) mass is 476 g/mol. The number of hydroxylamine groups is 1. The highest BCUT2D eigenvalue weighted by molar-refractivity contribution is 5.65. The summed E-state index contributed by atoms with van der Waals surface area (Å²) in [6, 6.07) is 17.5. The van der Waals surface area contributed by atoms with Crippen molar-refractivity contribution in [1.29, 1.82) is 0 Å². The zero-order valence-corrected chi connectivity index (χ0v) is 19.5. The Morgan fingerprint density at radius 3 is 2.46 bits per heavy atom. The van der Waals surface area contributed by atoms with Gasteiger partial charge < -0.3 is 24.3 Å². The molecule has 1 fully saturated rings. The fourth-order valence-electron chi connectivity index (χ4n) is 3.63. The van der Waals surface area contributed by atoms with Gasteiger partial charge in [0.2, 0.25) is 5.88 Å². The third-order valence-corrected chi connectivity index (χ3v) is 5.70. The van der Waals surface area contributed by atoms with Crippen molar-refractivity contribution in [2.24, 2.45) is 0 Å². The lowest BCUT2D eigenvalue weighted by Crippen LogP contribution is -2.41. The molecule has 1 aromatic heterocycles. The van der Waals surface area contributed by atoms with E-state index in [9.17, 15) is 4.79 Å². The second-order valence-corrected chi connectivity index (χ2v) is 8.18. The van der Waals surface area contributed by atoms with Gasteiger partial charge in [-0.2, -0.15) is 4.98 Å². The minimum absolute atomic E-state index is 0.113. The Labute approximate surface area is 203 Å². The topological polar surface area (TPSA) is 106 Å². The van der Waals surface area contributed by atoms with Crippen molar-refractivity contribution in [2.75, 3.05) is 13.1 Å². The molecular formula is C26H28N4O5. The zero-order chi connectivity index (χ0) is 24.6. The van der Waals surface area contributed by atoms with Crippen LogP contribution in [0.3, 0.4) is 0 Å². The van der Waals surface area contributed by atoms with Gasteiger partial charge in [-0.05, 0) is 36.8 Å². The van der Waals surface area contributed by atoms with Crippen molar-refractivity contribution in [3.05, 3.63) is 84.2 Å². The number of aromatic nitrogens is 2. The molecule has 1 saturated heterocycles. The first kappa shape index (κ1) is 23.9. The van der Waals surface area contributed by atoms with E-state index in [1.807, 2.05) is 54.6 Å². The molecule has 2 heterocycles. The van der Waals surface area contributed by atoms with Crippen LogP contribution in [0.4, 0.5) is 4.79 Å². The van der Waals surface area contributed by atoms with Gasteiger partial charge >= 0.3 is 6.09 Å². The molecule has 0 saturated carbocycles. The summed E-state index contributed by atoms with van der Waals surface area (Å²) in [6.45, 7) is 7.20. The molecule has 3 aromatic rings. The lowest BCUT2D eigenvalue weighted by Gasteiger charge is -2.30. The van der Waals surface area contributed by atoms with E-state index in [1.165, 1.54) is 11.2 Å². The van der Waals surface area contributed by atoms with Crippen LogP contribution in [0.5, 0.6) is 17.5 Å². The number of nitrogens with one attached hydrogen (secondary N) is 1. The van der Waals surface area contributed by atoms with E-state index in [2.05, 4.69) is 22.0 Å². The van der Waals surface area contributed by atoms with Crippen molar-refractivity contribution >= 4 is 11.8 Å². The molecule has 1 amide bonds. The molecule has 182 valence electrons. The second kappa shape index (κ2) is 11.2. The summed E-state index contributed by atoms with van der Waals surface area (Å²) >= 11 is 0. The molecule has 2 aromatic carbocycles. The number of benzene rings is 2. The third-order valence-electron chi connectivity index (χ3n) is 5.70. The molecule has 4 rings (SSSR count). The van der Waals surface area contributed by atoms with Gasteiger partial charge in [0.15, 0.2) is 0 Å². The molecule has 0 unspecified atom stereocenters. The van der Waals surface area contributed by atoms with Gasteiger partial charge in [0.05, 0.1) is 11.3 Å². The van der Waals surface area contributed by atoms with Crippen molar-refractivity contribution in [1.82, 2.24) is 20.3 Å². The SMILES string of the molecule is C=C(NOc1ncnc(OC2CCN(C(=O)O)CC2)c1C)c1ccc(OCc2ccccc2)cc1. The average molecular weight is 477 g/mol. The Hall–Kier alpha value is -4.27. The van der Waals surface area contributed by atoms with Crippen LogP contribution in [0.1, 0.15) is 29.5 Å². The van der Waals surface area contributed by atoms with Gasteiger partial charge in [0, 0.05) is 31.5 Å². The number of rotatable bonds is 9. The van der Waals surface area contributed by atoms with Crippen LogP contribution in [0.15, 0.2) is 67.5 Å². The molecule has 9 nitrogen and oxygen atoms in total. The molecule has 0 radical (unpaired) electrons. The Bertz CT molecular complexity index is 1150. The molecule has 9 heteroatoms. The molecule has 2 N–H and O–H groups in total. The Morgan fingerprint density at radius 2 is 1.77 bits per heavy atom. The van der Waals surface area contributed by atoms with Crippen LogP contribution in [-0.4, -0.2) is 45.3 Å². The van der Waals surface area contributed by atoms with Gasteiger partial charge in [-0.3, -0.25) is 0 Å². The van der Waals surface area contributed by atoms with Crippen LogP contribution in [0.2, 0.25) is 0 Å². The predicted molar refractivity (Wildman–Crippen MR) is 130 cm³/mol. The Morgan fingerprint density at radius 1 is 1.09 bits per heavy atom. The number of nitrogens with zero attached hydrogens (tertiary/aromatic N) is 3. The fourth-order valence-corrected chi connectivity index (χ4v) is 3.63. The van der Waals surface area contributed by atoms with Crippen molar-refractivity contribution < 1.29 is 24.2 Å². The van der Waals surface area contributed by atoms with Gasteiger partial charge in [-0.1, -0.05) is 36.9 Å². The first-order valence-electron chi connectivity index (χ1n) is 11.3. The van der Waals surface area contributed by atoms with E-state index >= 15 is 0 Å². The van der Waals surface area contributed by atoms with E-state index in [-0.39, 0.29) is 6.10 Å². The van der Waals surface area contributed by atoms with Crippen molar-refractivity contribution in [3.63, 3.8) is 0 Å². The summed E-state index contributed by atoms with van der Waals surface area (Å²) in [4.78, 5) is 26.5. The highest BCUT2D eigenvalue weighted by Crippen LogP contribution is 2.26. The normalized spacial score (nSPS) is 13.7. The maximum absolute atomic E-state index is 11.1. The van der Waals surface area contributed by atoms with Gasteiger partial charge in [0.1, 0.15) is 24.8 Å². The number of carbonyl (C=O) groups is 1. The molecule has 0 aliphatic carbocycles. The molecule has 1 aliphatic rings. The maximum Gasteiger partial charge on any atom is 0.407 e. The highest BCUT2D eigenvalue weighted by atomic mass is 16.7. The smallest absolute Gasteiger partial charge is 0.407 e. The number of amides is 1. The summed E-state index contributed by atoms with van der Waals surface area (Å²) in [5, 5.41) is 9.09. The van der Waals surface area contributed by atoms with E-state index in [0.29, 0.717) is 55.6 Å². The number of likely N-dealkylation sites (tertiary alicyclic amines) is 1. The van der Waals surface area contributed by atoms with Crippen LogP contribution < -0.4 is 19.8 Å². The van der Waals surface area contributed by atoms with Crippen LogP contribution >= 0.6 is 0 Å². The predicted octanol–water partition coefficient (Wildman–Crippen LogP) is 4.44. The molecule has 0 atom stereocenters. The zero-order valence-electron chi connectivity index (χ0n) is 19.5. The number of piperidine rings is 1. The fraction of sp³-hybridized carbons (Fsp3) is 0.269. The van der Waals surface area contributed by atoms with Gasteiger partial charge in [0.25, 0.3) is 5.88 Å². The number of ether oxygens (including phenoxy) is 2. The lowest BCUT2D eigenvalue weighted by molar-refractivity contribution is 0.0861. The number of hydrogen-bond acceptors (Lipinski definition) is 7. The minimum atomic E-state index is -0.905.